The minimum atomic E-state index is -0.133. The van der Waals surface area contributed by atoms with Crippen LogP contribution < -0.4 is 10.2 Å². The number of allylic oxidation sites excluding steroid dienone is 3. The molecule has 1 N–H and O–H groups in total. The maximum atomic E-state index is 12.4. The van der Waals surface area contributed by atoms with Crippen molar-refractivity contribution in [1.82, 2.24) is 14.9 Å². The third kappa shape index (κ3) is 3.93. The molecule has 0 spiro atoms. The van der Waals surface area contributed by atoms with Gasteiger partial charge in [0.05, 0.1) is 12.0 Å². The minimum Gasteiger partial charge on any atom is -0.352 e. The molecule has 0 atom stereocenters. The average Bonchev–Trinajstić information content (AvgIpc) is 3.18. The smallest absolute Gasteiger partial charge is 0.251 e. The van der Waals surface area contributed by atoms with E-state index < -0.39 is 0 Å². The van der Waals surface area contributed by atoms with Crippen molar-refractivity contribution in [2.24, 2.45) is 0 Å². The lowest BCUT2D eigenvalue weighted by Crippen LogP contribution is -2.25. The van der Waals surface area contributed by atoms with Gasteiger partial charge in [0.25, 0.3) is 5.91 Å². The summed E-state index contributed by atoms with van der Waals surface area (Å²) in [4.78, 5) is 18.3. The van der Waals surface area contributed by atoms with Crippen LogP contribution in [0.25, 0.3) is 0 Å². The first-order valence-electron chi connectivity index (χ1n) is 8.36. The van der Waals surface area contributed by atoms with Gasteiger partial charge in [-0.05, 0) is 36.8 Å². The van der Waals surface area contributed by atoms with E-state index in [9.17, 15) is 4.79 Å². The SMILES string of the molecule is C#Cc1cc(C(=O)NCCCn2ccnc2)ccc1N1C=CC=CC1=C. The number of benzene rings is 1. The van der Waals surface area contributed by atoms with Crippen molar-refractivity contribution in [1.29, 1.82) is 0 Å². The number of carbonyl (C=O) groups excluding carboxylic acids is 1. The molecule has 0 radical (unpaired) electrons. The first kappa shape index (κ1) is 17.3. The Balaban J connectivity index is 1.64. The van der Waals surface area contributed by atoms with E-state index in [0.717, 1.165) is 24.4 Å². The molecule has 0 unspecified atom stereocenters. The summed E-state index contributed by atoms with van der Waals surface area (Å²) < 4.78 is 1.98. The maximum absolute atomic E-state index is 12.4. The highest BCUT2D eigenvalue weighted by Crippen LogP contribution is 2.27. The number of terminal acetylenes is 1. The number of hydrogen-bond acceptors (Lipinski definition) is 3. The molecular weight excluding hydrogens is 324 g/mol. The number of nitrogens with one attached hydrogen (secondary N) is 1. The van der Waals surface area contributed by atoms with Gasteiger partial charge in [0.1, 0.15) is 0 Å². The summed E-state index contributed by atoms with van der Waals surface area (Å²) in [6.45, 7) is 5.40. The summed E-state index contributed by atoms with van der Waals surface area (Å²) >= 11 is 0. The van der Waals surface area contributed by atoms with Gasteiger partial charge in [-0.2, -0.15) is 0 Å². The van der Waals surface area contributed by atoms with Gasteiger partial charge in [0.15, 0.2) is 0 Å². The van der Waals surface area contributed by atoms with E-state index in [0.29, 0.717) is 17.7 Å². The number of rotatable bonds is 6. The second kappa shape index (κ2) is 8.04. The molecular formula is C21H20N4O. The number of imidazole rings is 1. The van der Waals surface area contributed by atoms with Crippen molar-refractivity contribution < 1.29 is 4.79 Å². The van der Waals surface area contributed by atoms with Crippen LogP contribution in [0.4, 0.5) is 5.69 Å². The van der Waals surface area contributed by atoms with Gasteiger partial charge < -0.3 is 14.8 Å². The monoisotopic (exact) mass is 344 g/mol. The van der Waals surface area contributed by atoms with E-state index in [1.807, 2.05) is 46.2 Å². The third-order valence-corrected chi connectivity index (χ3v) is 4.06. The molecule has 0 saturated heterocycles. The highest BCUT2D eigenvalue weighted by molar-refractivity contribution is 5.95. The quantitative estimate of drug-likeness (QED) is 0.647. The number of aromatic nitrogens is 2. The average molecular weight is 344 g/mol. The Kier molecular flexibility index (Phi) is 5.35. The molecule has 1 aliphatic heterocycles. The molecule has 1 amide bonds. The van der Waals surface area contributed by atoms with Gasteiger partial charge in [-0.1, -0.05) is 18.6 Å². The summed E-state index contributed by atoms with van der Waals surface area (Å²) in [6.07, 6.45) is 19.5. The zero-order valence-corrected chi connectivity index (χ0v) is 14.4. The highest BCUT2D eigenvalue weighted by Gasteiger charge is 2.14. The zero-order chi connectivity index (χ0) is 18.4. The fourth-order valence-electron chi connectivity index (χ4n) is 2.70. The molecule has 5 heteroatoms. The lowest BCUT2D eigenvalue weighted by molar-refractivity contribution is 0.0952. The van der Waals surface area contributed by atoms with E-state index >= 15 is 0 Å². The van der Waals surface area contributed by atoms with E-state index in [2.05, 4.69) is 22.8 Å². The van der Waals surface area contributed by atoms with E-state index in [1.165, 1.54) is 0 Å². The molecule has 2 heterocycles. The fraction of sp³-hybridized carbons (Fsp3) is 0.143. The predicted molar refractivity (Wildman–Crippen MR) is 103 cm³/mol. The second-order valence-electron chi connectivity index (χ2n) is 5.85. The second-order valence-corrected chi connectivity index (χ2v) is 5.85. The van der Waals surface area contributed by atoms with E-state index in [-0.39, 0.29) is 5.91 Å². The first-order valence-corrected chi connectivity index (χ1v) is 8.36. The minimum absolute atomic E-state index is 0.133. The third-order valence-electron chi connectivity index (χ3n) is 4.06. The van der Waals surface area contributed by atoms with Crippen LogP contribution >= 0.6 is 0 Å². The molecule has 26 heavy (non-hydrogen) atoms. The van der Waals surface area contributed by atoms with Gasteiger partial charge in [0.2, 0.25) is 0 Å². The molecule has 1 aromatic heterocycles. The summed E-state index contributed by atoms with van der Waals surface area (Å²) in [5.74, 6) is 2.53. The standard InChI is InChI=1S/C21H20N4O/c1-3-18-15-19(8-9-20(18)25-13-5-4-7-17(25)2)21(26)23-10-6-12-24-14-11-22-16-24/h1,4-5,7-9,11,13-16H,2,6,10,12H2,(H,23,26). The topological polar surface area (TPSA) is 50.2 Å². The summed E-state index contributed by atoms with van der Waals surface area (Å²) in [7, 11) is 0. The lowest BCUT2D eigenvalue weighted by Gasteiger charge is -2.24. The molecule has 3 rings (SSSR count). The van der Waals surface area contributed by atoms with Crippen LogP contribution in [0.1, 0.15) is 22.3 Å². The Labute approximate surface area is 153 Å². The molecule has 5 nitrogen and oxygen atoms in total. The number of nitrogens with zero attached hydrogens (tertiary/aromatic N) is 3. The fourth-order valence-corrected chi connectivity index (χ4v) is 2.70. The normalized spacial score (nSPS) is 12.9. The van der Waals surface area contributed by atoms with E-state index in [1.54, 1.807) is 24.7 Å². The van der Waals surface area contributed by atoms with Crippen molar-refractivity contribution >= 4 is 11.6 Å². The maximum Gasteiger partial charge on any atom is 0.251 e. The Bertz CT molecular complexity index is 901. The highest BCUT2D eigenvalue weighted by atomic mass is 16.1. The molecule has 0 fully saturated rings. The molecule has 1 aromatic carbocycles. The van der Waals surface area contributed by atoms with Gasteiger partial charge >= 0.3 is 0 Å². The number of anilines is 1. The number of aryl methyl sites for hydroxylation is 1. The number of amides is 1. The van der Waals surface area contributed by atoms with Crippen LogP contribution in [-0.4, -0.2) is 22.0 Å². The van der Waals surface area contributed by atoms with Crippen LogP contribution in [0.3, 0.4) is 0 Å². The van der Waals surface area contributed by atoms with Gasteiger partial charge in [-0.3, -0.25) is 4.79 Å². The Morgan fingerprint density at radius 3 is 2.96 bits per heavy atom. The van der Waals surface area contributed by atoms with Crippen molar-refractivity contribution in [3.8, 4) is 12.3 Å². The van der Waals surface area contributed by atoms with Crippen LogP contribution in [0.2, 0.25) is 0 Å². The number of carbonyl (C=O) groups is 1. The van der Waals surface area contributed by atoms with Crippen LogP contribution in [0, 0.1) is 12.3 Å². The molecule has 0 bridgehead atoms. The lowest BCUT2D eigenvalue weighted by atomic mass is 10.1. The Morgan fingerprint density at radius 2 is 2.23 bits per heavy atom. The van der Waals surface area contributed by atoms with Crippen LogP contribution in [0.15, 0.2) is 73.6 Å². The van der Waals surface area contributed by atoms with Crippen molar-refractivity contribution in [2.45, 2.75) is 13.0 Å². The molecule has 0 aliphatic carbocycles. The summed E-state index contributed by atoms with van der Waals surface area (Å²) in [5, 5.41) is 2.92. The molecule has 0 saturated carbocycles. The summed E-state index contributed by atoms with van der Waals surface area (Å²) in [5.41, 5.74) is 2.85. The molecule has 130 valence electrons. The largest absolute Gasteiger partial charge is 0.352 e. The molecule has 2 aromatic rings. The molecule has 1 aliphatic rings. The predicted octanol–water partition coefficient (Wildman–Crippen LogP) is 3.09. The van der Waals surface area contributed by atoms with Gasteiger partial charge in [-0.15, -0.1) is 6.42 Å². The zero-order valence-electron chi connectivity index (χ0n) is 14.4. The van der Waals surface area contributed by atoms with Crippen molar-refractivity contribution in [3.63, 3.8) is 0 Å². The van der Waals surface area contributed by atoms with Crippen molar-refractivity contribution in [2.75, 3.05) is 11.4 Å². The Morgan fingerprint density at radius 1 is 1.35 bits per heavy atom. The van der Waals surface area contributed by atoms with Gasteiger partial charge in [0, 0.05) is 48.5 Å². The summed E-state index contributed by atoms with van der Waals surface area (Å²) in [6, 6.07) is 5.37. The number of hydrogen-bond donors (Lipinski definition) is 1. The van der Waals surface area contributed by atoms with E-state index in [4.69, 9.17) is 6.42 Å². The van der Waals surface area contributed by atoms with Gasteiger partial charge in [-0.25, -0.2) is 4.98 Å². The first-order chi connectivity index (χ1) is 12.7. The Hall–Kier alpha value is -3.52. The van der Waals surface area contributed by atoms with Crippen LogP contribution in [0.5, 0.6) is 0 Å². The van der Waals surface area contributed by atoms with Crippen LogP contribution in [-0.2, 0) is 6.54 Å². The van der Waals surface area contributed by atoms with Crippen molar-refractivity contribution in [3.05, 3.63) is 84.8 Å².